The SMILES string of the molecule is C=CC1OC(C=C)C(C(=O)OC)C1C. The standard InChI is InChI=1S/C11H16O3/c1-5-8-7(3)10(11(12)13-4)9(6-2)14-8/h5-10H,1-2H2,3-4H3. The first kappa shape index (κ1) is 11.0. The second-order valence-corrected chi connectivity index (χ2v) is 3.44. The van der Waals surface area contributed by atoms with Crippen molar-refractivity contribution in [2.24, 2.45) is 11.8 Å². The lowest BCUT2D eigenvalue weighted by molar-refractivity contribution is -0.147. The third kappa shape index (κ3) is 1.73. The number of esters is 1. The molecule has 0 bridgehead atoms. The van der Waals surface area contributed by atoms with E-state index in [2.05, 4.69) is 13.2 Å². The Bertz CT molecular complexity index is 247. The number of ether oxygens (including phenoxy) is 2. The minimum atomic E-state index is -0.263. The molecule has 1 rings (SSSR count). The summed E-state index contributed by atoms with van der Waals surface area (Å²) in [6.07, 6.45) is 2.99. The van der Waals surface area contributed by atoms with E-state index in [1.165, 1.54) is 7.11 Å². The van der Waals surface area contributed by atoms with Gasteiger partial charge in [-0.1, -0.05) is 19.1 Å². The van der Waals surface area contributed by atoms with Gasteiger partial charge in [-0.2, -0.15) is 0 Å². The number of carbonyl (C=O) groups is 1. The molecule has 1 aliphatic heterocycles. The average Bonchev–Trinajstić information content (AvgIpc) is 2.53. The molecule has 0 spiro atoms. The van der Waals surface area contributed by atoms with Gasteiger partial charge in [-0.15, -0.1) is 13.2 Å². The molecule has 0 aliphatic carbocycles. The summed E-state index contributed by atoms with van der Waals surface area (Å²) in [6.45, 7) is 9.27. The molecule has 1 heterocycles. The molecule has 3 nitrogen and oxygen atoms in total. The van der Waals surface area contributed by atoms with Gasteiger partial charge in [0.05, 0.1) is 25.2 Å². The van der Waals surface area contributed by atoms with Crippen LogP contribution in [0.1, 0.15) is 6.92 Å². The van der Waals surface area contributed by atoms with Gasteiger partial charge in [-0.05, 0) is 0 Å². The van der Waals surface area contributed by atoms with Crippen molar-refractivity contribution in [1.82, 2.24) is 0 Å². The largest absolute Gasteiger partial charge is 0.469 e. The van der Waals surface area contributed by atoms with Crippen molar-refractivity contribution in [3.8, 4) is 0 Å². The van der Waals surface area contributed by atoms with Gasteiger partial charge in [-0.25, -0.2) is 0 Å². The van der Waals surface area contributed by atoms with Crippen LogP contribution >= 0.6 is 0 Å². The van der Waals surface area contributed by atoms with Crippen LogP contribution in [0.5, 0.6) is 0 Å². The lowest BCUT2D eigenvalue weighted by atomic mass is 9.88. The summed E-state index contributed by atoms with van der Waals surface area (Å²) in [4.78, 5) is 11.5. The fraction of sp³-hybridized carbons (Fsp3) is 0.545. The number of rotatable bonds is 3. The molecule has 3 heteroatoms. The molecule has 14 heavy (non-hydrogen) atoms. The topological polar surface area (TPSA) is 35.5 Å². The fourth-order valence-corrected chi connectivity index (χ4v) is 1.85. The van der Waals surface area contributed by atoms with Crippen LogP contribution in [0.15, 0.2) is 25.3 Å². The second kappa shape index (κ2) is 4.42. The van der Waals surface area contributed by atoms with Crippen molar-refractivity contribution in [2.75, 3.05) is 7.11 Å². The summed E-state index contributed by atoms with van der Waals surface area (Å²) in [7, 11) is 1.39. The highest BCUT2D eigenvalue weighted by molar-refractivity contribution is 5.74. The number of hydrogen-bond acceptors (Lipinski definition) is 3. The van der Waals surface area contributed by atoms with E-state index in [4.69, 9.17) is 9.47 Å². The molecular weight excluding hydrogens is 180 g/mol. The summed E-state index contributed by atoms with van der Waals surface area (Å²) in [6, 6.07) is 0. The van der Waals surface area contributed by atoms with Crippen molar-refractivity contribution in [1.29, 1.82) is 0 Å². The van der Waals surface area contributed by atoms with Crippen molar-refractivity contribution in [2.45, 2.75) is 19.1 Å². The van der Waals surface area contributed by atoms with E-state index < -0.39 is 0 Å². The zero-order valence-corrected chi connectivity index (χ0v) is 8.60. The maximum atomic E-state index is 11.5. The number of methoxy groups -OCH3 is 1. The first-order valence-electron chi connectivity index (χ1n) is 4.64. The minimum absolute atomic E-state index is 0.0861. The molecule has 0 radical (unpaired) electrons. The van der Waals surface area contributed by atoms with Crippen molar-refractivity contribution >= 4 is 5.97 Å². The molecule has 4 atom stereocenters. The third-order valence-corrected chi connectivity index (χ3v) is 2.69. The quantitative estimate of drug-likeness (QED) is 0.507. The van der Waals surface area contributed by atoms with Gasteiger partial charge >= 0.3 is 5.97 Å². The molecule has 1 saturated heterocycles. The van der Waals surface area contributed by atoms with E-state index in [9.17, 15) is 4.79 Å². The van der Waals surface area contributed by atoms with Crippen LogP contribution < -0.4 is 0 Å². The van der Waals surface area contributed by atoms with E-state index in [0.717, 1.165) is 0 Å². The van der Waals surface area contributed by atoms with Crippen LogP contribution in [-0.4, -0.2) is 25.3 Å². The predicted octanol–water partition coefficient (Wildman–Crippen LogP) is 1.55. The molecule has 4 unspecified atom stereocenters. The van der Waals surface area contributed by atoms with Crippen LogP contribution in [0.25, 0.3) is 0 Å². The maximum Gasteiger partial charge on any atom is 0.312 e. The van der Waals surface area contributed by atoms with E-state index in [-0.39, 0.29) is 30.0 Å². The third-order valence-electron chi connectivity index (χ3n) is 2.69. The summed E-state index contributed by atoms with van der Waals surface area (Å²) < 4.78 is 10.3. The highest BCUT2D eigenvalue weighted by Gasteiger charge is 2.43. The van der Waals surface area contributed by atoms with Gasteiger partial charge in [0.25, 0.3) is 0 Å². The van der Waals surface area contributed by atoms with Crippen LogP contribution in [0.2, 0.25) is 0 Å². The first-order chi connectivity index (χ1) is 6.65. The molecule has 78 valence electrons. The molecule has 0 aromatic heterocycles. The Labute approximate surface area is 84.4 Å². The Kier molecular flexibility index (Phi) is 3.47. The Hall–Kier alpha value is -1.09. The Morgan fingerprint density at radius 2 is 1.93 bits per heavy atom. The predicted molar refractivity (Wildman–Crippen MR) is 53.7 cm³/mol. The molecule has 1 aliphatic rings. The zero-order chi connectivity index (χ0) is 10.7. The van der Waals surface area contributed by atoms with Gasteiger partial charge < -0.3 is 9.47 Å². The minimum Gasteiger partial charge on any atom is -0.469 e. The lowest BCUT2D eigenvalue weighted by Crippen LogP contribution is -2.28. The van der Waals surface area contributed by atoms with Gasteiger partial charge in [0.2, 0.25) is 0 Å². The highest BCUT2D eigenvalue weighted by Crippen LogP contribution is 2.34. The molecule has 0 saturated carbocycles. The van der Waals surface area contributed by atoms with Gasteiger partial charge in [0.1, 0.15) is 0 Å². The van der Waals surface area contributed by atoms with Crippen molar-refractivity contribution in [3.05, 3.63) is 25.3 Å². The highest BCUT2D eigenvalue weighted by atomic mass is 16.5. The molecule has 0 N–H and O–H groups in total. The van der Waals surface area contributed by atoms with E-state index in [1.54, 1.807) is 12.2 Å². The van der Waals surface area contributed by atoms with Crippen LogP contribution in [0.4, 0.5) is 0 Å². The van der Waals surface area contributed by atoms with E-state index in [0.29, 0.717) is 0 Å². The van der Waals surface area contributed by atoms with Gasteiger partial charge in [0.15, 0.2) is 0 Å². The summed E-state index contributed by atoms with van der Waals surface area (Å²) >= 11 is 0. The van der Waals surface area contributed by atoms with E-state index in [1.807, 2.05) is 6.92 Å². The summed E-state index contributed by atoms with van der Waals surface area (Å²) in [5.41, 5.74) is 0. The van der Waals surface area contributed by atoms with E-state index >= 15 is 0 Å². The molecule has 0 aromatic carbocycles. The zero-order valence-electron chi connectivity index (χ0n) is 8.60. The smallest absolute Gasteiger partial charge is 0.312 e. The monoisotopic (exact) mass is 196 g/mol. The number of carbonyl (C=O) groups excluding carboxylic acids is 1. The fourth-order valence-electron chi connectivity index (χ4n) is 1.85. The average molecular weight is 196 g/mol. The second-order valence-electron chi connectivity index (χ2n) is 3.44. The number of hydrogen-bond donors (Lipinski definition) is 0. The van der Waals surface area contributed by atoms with Crippen molar-refractivity contribution in [3.63, 3.8) is 0 Å². The Morgan fingerprint density at radius 1 is 1.36 bits per heavy atom. The normalized spacial score (nSPS) is 36.4. The summed E-state index contributed by atoms with van der Waals surface area (Å²) in [5.74, 6) is -0.421. The molecule has 1 fully saturated rings. The van der Waals surface area contributed by atoms with Crippen LogP contribution in [0.3, 0.4) is 0 Å². The first-order valence-corrected chi connectivity index (χ1v) is 4.64. The maximum absolute atomic E-state index is 11.5. The Balaban J connectivity index is 2.84. The lowest BCUT2D eigenvalue weighted by Gasteiger charge is -2.15. The Morgan fingerprint density at radius 3 is 2.36 bits per heavy atom. The van der Waals surface area contributed by atoms with Crippen LogP contribution in [0, 0.1) is 11.8 Å². The molecule has 0 amide bonds. The van der Waals surface area contributed by atoms with Crippen LogP contribution in [-0.2, 0) is 14.3 Å². The van der Waals surface area contributed by atoms with Gasteiger partial charge in [0, 0.05) is 5.92 Å². The van der Waals surface area contributed by atoms with Crippen molar-refractivity contribution < 1.29 is 14.3 Å². The van der Waals surface area contributed by atoms with Gasteiger partial charge in [-0.3, -0.25) is 4.79 Å². The molecular formula is C11H16O3. The summed E-state index contributed by atoms with van der Waals surface area (Å²) in [5, 5.41) is 0. The molecule has 0 aromatic rings.